The lowest BCUT2D eigenvalue weighted by molar-refractivity contribution is -0.133. The van der Waals surface area contributed by atoms with Crippen LogP contribution in [-0.4, -0.2) is 53.5 Å². The van der Waals surface area contributed by atoms with Gasteiger partial charge in [0.25, 0.3) is 0 Å². The molecule has 1 saturated carbocycles. The number of rotatable bonds is 4. The predicted molar refractivity (Wildman–Crippen MR) is 67.8 cm³/mol. The Morgan fingerprint density at radius 2 is 2.12 bits per heavy atom. The van der Waals surface area contributed by atoms with Crippen LogP contribution in [0.25, 0.3) is 0 Å². The second-order valence-corrected chi connectivity index (χ2v) is 6.52. The Hall–Kier alpha value is -0.160. The maximum Gasteiger partial charge on any atom is 0.0757 e. The van der Waals surface area contributed by atoms with E-state index in [0.717, 1.165) is 19.6 Å². The standard InChI is InChI=1S/C13H26N2O2/c1-10-6-15(7-12(2,3)17-10)8-13(14,9-16)11-4-5-11/h10-11,16H,4-9,14H2,1-3H3. The zero-order valence-electron chi connectivity index (χ0n) is 11.3. The summed E-state index contributed by atoms with van der Waals surface area (Å²) >= 11 is 0. The van der Waals surface area contributed by atoms with E-state index in [2.05, 4.69) is 25.7 Å². The Bertz CT molecular complexity index is 279. The van der Waals surface area contributed by atoms with Gasteiger partial charge in [-0.2, -0.15) is 0 Å². The molecule has 0 aromatic heterocycles. The van der Waals surface area contributed by atoms with Gasteiger partial charge in [0.1, 0.15) is 0 Å². The molecule has 3 N–H and O–H groups in total. The average Bonchev–Trinajstić information content (AvgIpc) is 2.96. The SMILES string of the molecule is CC1CN(CC(N)(CO)C2CC2)CC(C)(C)O1. The molecule has 100 valence electrons. The molecule has 1 aliphatic carbocycles. The van der Waals surface area contributed by atoms with Crippen molar-refractivity contribution in [2.45, 2.75) is 50.9 Å². The molecule has 0 aromatic carbocycles. The molecule has 2 unspecified atom stereocenters. The number of ether oxygens (including phenoxy) is 1. The lowest BCUT2D eigenvalue weighted by Gasteiger charge is -2.44. The third-order valence-electron chi connectivity index (χ3n) is 3.84. The molecule has 1 aliphatic heterocycles. The first-order valence-corrected chi connectivity index (χ1v) is 6.64. The summed E-state index contributed by atoms with van der Waals surface area (Å²) in [4.78, 5) is 2.35. The minimum atomic E-state index is -0.410. The molecule has 2 atom stereocenters. The van der Waals surface area contributed by atoms with Gasteiger partial charge < -0.3 is 15.6 Å². The minimum Gasteiger partial charge on any atom is -0.394 e. The summed E-state index contributed by atoms with van der Waals surface area (Å²) in [5.41, 5.74) is 5.81. The summed E-state index contributed by atoms with van der Waals surface area (Å²) in [5.74, 6) is 0.508. The van der Waals surface area contributed by atoms with Gasteiger partial charge in [0.15, 0.2) is 0 Å². The van der Waals surface area contributed by atoms with Crippen LogP contribution in [-0.2, 0) is 4.74 Å². The fourth-order valence-electron chi connectivity index (χ4n) is 3.09. The third-order valence-corrected chi connectivity index (χ3v) is 3.84. The molecule has 2 rings (SSSR count). The number of morpholine rings is 1. The van der Waals surface area contributed by atoms with Crippen LogP contribution in [0.3, 0.4) is 0 Å². The van der Waals surface area contributed by atoms with Gasteiger partial charge in [0, 0.05) is 19.6 Å². The molecule has 0 aromatic rings. The van der Waals surface area contributed by atoms with Gasteiger partial charge in [0.2, 0.25) is 0 Å². The first-order chi connectivity index (χ1) is 7.85. The van der Waals surface area contributed by atoms with Crippen molar-refractivity contribution in [3.05, 3.63) is 0 Å². The molecule has 0 amide bonds. The van der Waals surface area contributed by atoms with Crippen LogP contribution in [0.4, 0.5) is 0 Å². The highest BCUT2D eigenvalue weighted by atomic mass is 16.5. The molecule has 1 heterocycles. The second-order valence-electron chi connectivity index (χ2n) is 6.52. The molecular formula is C13H26N2O2. The van der Waals surface area contributed by atoms with E-state index in [4.69, 9.17) is 10.5 Å². The van der Waals surface area contributed by atoms with Crippen LogP contribution in [0.2, 0.25) is 0 Å². The molecule has 2 fully saturated rings. The maximum atomic E-state index is 9.54. The highest BCUT2D eigenvalue weighted by molar-refractivity contribution is 5.01. The summed E-state index contributed by atoms with van der Waals surface area (Å²) in [7, 11) is 0. The molecule has 17 heavy (non-hydrogen) atoms. The fourth-order valence-corrected chi connectivity index (χ4v) is 3.09. The van der Waals surface area contributed by atoms with Crippen LogP contribution in [0.15, 0.2) is 0 Å². The van der Waals surface area contributed by atoms with E-state index in [1.165, 1.54) is 12.8 Å². The summed E-state index contributed by atoms with van der Waals surface area (Å²) in [6.45, 7) is 9.00. The minimum absolute atomic E-state index is 0.0871. The molecule has 1 saturated heterocycles. The summed E-state index contributed by atoms with van der Waals surface area (Å²) < 4.78 is 5.88. The summed E-state index contributed by atoms with van der Waals surface area (Å²) in [6.07, 6.45) is 2.57. The quantitative estimate of drug-likeness (QED) is 0.757. The van der Waals surface area contributed by atoms with E-state index in [0.29, 0.717) is 5.92 Å². The maximum absolute atomic E-state index is 9.54. The number of nitrogens with zero attached hydrogens (tertiary/aromatic N) is 1. The lowest BCUT2D eigenvalue weighted by Crippen LogP contribution is -2.60. The van der Waals surface area contributed by atoms with E-state index >= 15 is 0 Å². The number of nitrogens with two attached hydrogens (primary N) is 1. The highest BCUT2D eigenvalue weighted by Gasteiger charge is 2.44. The molecule has 4 nitrogen and oxygen atoms in total. The Morgan fingerprint density at radius 3 is 2.59 bits per heavy atom. The van der Waals surface area contributed by atoms with E-state index in [1.54, 1.807) is 0 Å². The van der Waals surface area contributed by atoms with Gasteiger partial charge in [-0.3, -0.25) is 4.90 Å². The van der Waals surface area contributed by atoms with Crippen molar-refractivity contribution >= 4 is 0 Å². The zero-order chi connectivity index (χ0) is 12.7. The third kappa shape index (κ3) is 3.19. The summed E-state index contributed by atoms with van der Waals surface area (Å²) in [5, 5.41) is 9.54. The van der Waals surface area contributed by atoms with Crippen LogP contribution in [0.1, 0.15) is 33.6 Å². The van der Waals surface area contributed by atoms with Gasteiger partial charge in [-0.1, -0.05) is 0 Å². The van der Waals surface area contributed by atoms with Gasteiger partial charge in [0.05, 0.1) is 23.9 Å². The molecule has 0 radical (unpaired) electrons. The van der Waals surface area contributed by atoms with Gasteiger partial charge in [-0.05, 0) is 39.5 Å². The van der Waals surface area contributed by atoms with E-state index in [9.17, 15) is 5.11 Å². The van der Waals surface area contributed by atoms with Crippen molar-refractivity contribution in [3.8, 4) is 0 Å². The topological polar surface area (TPSA) is 58.7 Å². The fraction of sp³-hybridized carbons (Fsp3) is 1.00. The predicted octanol–water partition coefficient (Wildman–Crippen LogP) is 0.586. The van der Waals surface area contributed by atoms with Gasteiger partial charge in [-0.25, -0.2) is 0 Å². The molecule has 0 bridgehead atoms. The van der Waals surface area contributed by atoms with E-state index < -0.39 is 5.54 Å². The summed E-state index contributed by atoms with van der Waals surface area (Å²) in [6, 6.07) is 0. The zero-order valence-corrected chi connectivity index (χ0v) is 11.3. The van der Waals surface area contributed by atoms with Gasteiger partial charge in [-0.15, -0.1) is 0 Å². The van der Waals surface area contributed by atoms with Crippen molar-refractivity contribution in [2.75, 3.05) is 26.2 Å². The van der Waals surface area contributed by atoms with Crippen molar-refractivity contribution in [1.82, 2.24) is 4.90 Å². The van der Waals surface area contributed by atoms with Crippen molar-refractivity contribution in [1.29, 1.82) is 0 Å². The number of aliphatic hydroxyl groups is 1. The molecular weight excluding hydrogens is 216 g/mol. The molecule has 2 aliphatic rings. The van der Waals surface area contributed by atoms with Gasteiger partial charge >= 0.3 is 0 Å². The lowest BCUT2D eigenvalue weighted by atomic mass is 9.93. The van der Waals surface area contributed by atoms with Crippen LogP contribution < -0.4 is 5.73 Å². The second kappa shape index (κ2) is 4.50. The first kappa shape index (κ1) is 13.3. The number of hydrogen-bond donors (Lipinski definition) is 2. The van der Waals surface area contributed by atoms with Crippen LogP contribution in [0.5, 0.6) is 0 Å². The van der Waals surface area contributed by atoms with Crippen molar-refractivity contribution in [3.63, 3.8) is 0 Å². The van der Waals surface area contributed by atoms with E-state index in [-0.39, 0.29) is 18.3 Å². The Balaban J connectivity index is 1.97. The van der Waals surface area contributed by atoms with Crippen LogP contribution >= 0.6 is 0 Å². The monoisotopic (exact) mass is 242 g/mol. The van der Waals surface area contributed by atoms with Crippen molar-refractivity contribution in [2.24, 2.45) is 11.7 Å². The first-order valence-electron chi connectivity index (χ1n) is 6.64. The van der Waals surface area contributed by atoms with E-state index in [1.807, 2.05) is 0 Å². The Kier molecular flexibility index (Phi) is 3.51. The molecule has 4 heteroatoms. The Morgan fingerprint density at radius 1 is 1.47 bits per heavy atom. The normalized spacial score (nSPS) is 33.4. The number of hydrogen-bond acceptors (Lipinski definition) is 4. The largest absolute Gasteiger partial charge is 0.394 e. The highest BCUT2D eigenvalue weighted by Crippen LogP contribution is 2.39. The van der Waals surface area contributed by atoms with Crippen LogP contribution in [0, 0.1) is 5.92 Å². The Labute approximate surface area is 104 Å². The molecule has 0 spiro atoms. The average molecular weight is 242 g/mol. The smallest absolute Gasteiger partial charge is 0.0757 e. The van der Waals surface area contributed by atoms with Crippen molar-refractivity contribution < 1.29 is 9.84 Å². The number of aliphatic hydroxyl groups excluding tert-OH is 1.